The van der Waals surface area contributed by atoms with Crippen LogP contribution >= 0.6 is 11.6 Å². The van der Waals surface area contributed by atoms with Crippen LogP contribution in [0, 0.1) is 0 Å². The zero-order chi connectivity index (χ0) is 15.1. The van der Waals surface area contributed by atoms with E-state index in [9.17, 15) is 0 Å². The van der Waals surface area contributed by atoms with Gasteiger partial charge in [-0.2, -0.15) is 4.98 Å². The molecule has 0 radical (unpaired) electrons. The van der Waals surface area contributed by atoms with Gasteiger partial charge in [0.15, 0.2) is 5.82 Å². The van der Waals surface area contributed by atoms with Gasteiger partial charge in [-0.25, -0.2) is 4.98 Å². The van der Waals surface area contributed by atoms with Crippen LogP contribution in [0.1, 0.15) is 19.2 Å². The van der Waals surface area contributed by atoms with Crippen molar-refractivity contribution in [2.24, 2.45) is 0 Å². The van der Waals surface area contributed by atoms with Crippen molar-refractivity contribution in [2.45, 2.75) is 20.0 Å². The normalized spacial score (nSPS) is 10.4. The molecule has 0 aliphatic carbocycles. The predicted molar refractivity (Wildman–Crippen MR) is 80.8 cm³/mol. The molecule has 0 aromatic carbocycles. The minimum absolute atomic E-state index is 0.311. The summed E-state index contributed by atoms with van der Waals surface area (Å²) in [4.78, 5) is 12.6. The number of anilines is 1. The third kappa shape index (κ3) is 4.84. The Kier molecular flexibility index (Phi) is 5.71. The zero-order valence-corrected chi connectivity index (χ0v) is 12.7. The molecule has 0 saturated heterocycles. The second-order valence-electron chi connectivity index (χ2n) is 4.31. The maximum absolute atomic E-state index is 5.88. The van der Waals surface area contributed by atoms with Crippen LogP contribution in [-0.4, -0.2) is 28.6 Å². The number of ether oxygens (including phenoxy) is 2. The lowest BCUT2D eigenvalue weighted by Gasteiger charge is -2.10. The summed E-state index contributed by atoms with van der Waals surface area (Å²) in [5.41, 5.74) is 0. The third-order valence-electron chi connectivity index (χ3n) is 2.48. The Morgan fingerprint density at radius 3 is 2.81 bits per heavy atom. The largest absolute Gasteiger partial charge is 0.437 e. The SMILES string of the molecule is CCCNc1cc(Oc2cncc(Cl)c2)nc(COC)n1. The van der Waals surface area contributed by atoms with Crippen molar-refractivity contribution in [3.8, 4) is 11.6 Å². The molecule has 2 rings (SSSR count). The second kappa shape index (κ2) is 7.75. The Morgan fingerprint density at radius 2 is 2.10 bits per heavy atom. The first-order valence-corrected chi connectivity index (χ1v) is 6.98. The smallest absolute Gasteiger partial charge is 0.224 e. The first kappa shape index (κ1) is 15.5. The Labute approximate surface area is 128 Å². The van der Waals surface area contributed by atoms with Crippen LogP contribution in [0.25, 0.3) is 0 Å². The van der Waals surface area contributed by atoms with Crippen LogP contribution in [0.5, 0.6) is 11.6 Å². The van der Waals surface area contributed by atoms with Crippen molar-refractivity contribution < 1.29 is 9.47 Å². The van der Waals surface area contributed by atoms with Gasteiger partial charge in [0.05, 0.1) is 11.2 Å². The first-order chi connectivity index (χ1) is 10.2. The van der Waals surface area contributed by atoms with E-state index in [-0.39, 0.29) is 0 Å². The van der Waals surface area contributed by atoms with Gasteiger partial charge in [-0.15, -0.1) is 0 Å². The zero-order valence-electron chi connectivity index (χ0n) is 12.0. The number of aromatic nitrogens is 3. The molecule has 0 fully saturated rings. The molecular formula is C14H17ClN4O2. The highest BCUT2D eigenvalue weighted by Gasteiger charge is 2.07. The van der Waals surface area contributed by atoms with Gasteiger partial charge in [-0.1, -0.05) is 18.5 Å². The number of nitrogens with zero attached hydrogens (tertiary/aromatic N) is 3. The van der Waals surface area contributed by atoms with E-state index < -0.39 is 0 Å². The van der Waals surface area contributed by atoms with E-state index in [0.29, 0.717) is 34.9 Å². The number of methoxy groups -OCH3 is 1. The van der Waals surface area contributed by atoms with E-state index in [0.717, 1.165) is 13.0 Å². The molecule has 0 aliphatic heterocycles. The summed E-state index contributed by atoms with van der Waals surface area (Å²) in [6.07, 6.45) is 4.11. The van der Waals surface area contributed by atoms with Gasteiger partial charge in [0.1, 0.15) is 18.2 Å². The maximum Gasteiger partial charge on any atom is 0.224 e. The maximum atomic E-state index is 5.88. The van der Waals surface area contributed by atoms with Crippen molar-refractivity contribution in [3.05, 3.63) is 35.4 Å². The fraction of sp³-hybridized carbons (Fsp3) is 0.357. The average Bonchev–Trinajstić information content (AvgIpc) is 2.45. The summed E-state index contributed by atoms with van der Waals surface area (Å²) in [5.74, 6) is 2.18. The third-order valence-corrected chi connectivity index (χ3v) is 2.69. The van der Waals surface area contributed by atoms with Gasteiger partial charge in [0, 0.05) is 32.0 Å². The number of nitrogens with one attached hydrogen (secondary N) is 1. The molecule has 7 heteroatoms. The molecule has 2 heterocycles. The quantitative estimate of drug-likeness (QED) is 0.846. The molecule has 6 nitrogen and oxygen atoms in total. The summed E-state index contributed by atoms with van der Waals surface area (Å²) < 4.78 is 10.7. The van der Waals surface area contributed by atoms with Gasteiger partial charge < -0.3 is 14.8 Å². The molecule has 112 valence electrons. The predicted octanol–water partition coefficient (Wildman–Crippen LogP) is 3.29. The van der Waals surface area contributed by atoms with Gasteiger partial charge >= 0.3 is 0 Å². The minimum Gasteiger partial charge on any atom is -0.437 e. The van der Waals surface area contributed by atoms with Gasteiger partial charge in [-0.05, 0) is 6.42 Å². The van der Waals surface area contributed by atoms with Crippen LogP contribution in [0.3, 0.4) is 0 Å². The molecule has 2 aromatic rings. The monoisotopic (exact) mass is 308 g/mol. The van der Waals surface area contributed by atoms with Crippen molar-refractivity contribution in [1.29, 1.82) is 0 Å². The Balaban J connectivity index is 2.22. The first-order valence-electron chi connectivity index (χ1n) is 6.60. The van der Waals surface area contributed by atoms with Gasteiger partial charge in [0.2, 0.25) is 5.88 Å². The van der Waals surface area contributed by atoms with Crippen LogP contribution in [0.15, 0.2) is 24.5 Å². The Morgan fingerprint density at radius 1 is 1.24 bits per heavy atom. The number of halogens is 1. The summed E-state index contributed by atoms with van der Waals surface area (Å²) in [5, 5.41) is 3.71. The van der Waals surface area contributed by atoms with Crippen molar-refractivity contribution >= 4 is 17.4 Å². The Bertz CT molecular complexity index is 595. The highest BCUT2D eigenvalue weighted by atomic mass is 35.5. The molecule has 21 heavy (non-hydrogen) atoms. The van der Waals surface area contributed by atoms with Gasteiger partial charge in [-0.3, -0.25) is 4.98 Å². The Hall–Kier alpha value is -1.92. The van der Waals surface area contributed by atoms with Crippen LogP contribution in [-0.2, 0) is 11.3 Å². The summed E-state index contributed by atoms with van der Waals surface area (Å²) in [7, 11) is 1.59. The number of rotatable bonds is 7. The standard InChI is InChI=1S/C14H17ClN4O2/c1-3-4-17-12-6-14(19-13(18-12)9-20-2)21-11-5-10(15)7-16-8-11/h5-8H,3-4,9H2,1-2H3,(H,17,18,19). The van der Waals surface area contributed by atoms with Crippen LogP contribution in [0.4, 0.5) is 5.82 Å². The lowest BCUT2D eigenvalue weighted by molar-refractivity contribution is 0.177. The fourth-order valence-corrected chi connectivity index (χ4v) is 1.80. The minimum atomic E-state index is 0.311. The fourth-order valence-electron chi connectivity index (χ4n) is 1.63. The summed E-state index contributed by atoms with van der Waals surface area (Å²) in [6, 6.07) is 3.40. The average molecular weight is 309 g/mol. The van der Waals surface area contributed by atoms with E-state index in [4.69, 9.17) is 21.1 Å². The second-order valence-corrected chi connectivity index (χ2v) is 4.74. The molecule has 0 spiro atoms. The number of hydrogen-bond acceptors (Lipinski definition) is 6. The molecule has 0 amide bonds. The molecule has 0 saturated carbocycles. The van der Waals surface area contributed by atoms with Crippen molar-refractivity contribution in [1.82, 2.24) is 15.0 Å². The molecule has 2 aromatic heterocycles. The van der Waals surface area contributed by atoms with E-state index in [1.165, 1.54) is 0 Å². The molecule has 1 N–H and O–H groups in total. The number of hydrogen-bond donors (Lipinski definition) is 1. The molecule has 0 unspecified atom stereocenters. The lowest BCUT2D eigenvalue weighted by atomic mass is 10.4. The molecule has 0 aliphatic rings. The molecule has 0 bridgehead atoms. The van der Waals surface area contributed by atoms with Crippen LogP contribution < -0.4 is 10.1 Å². The summed E-state index contributed by atoms with van der Waals surface area (Å²) >= 11 is 5.88. The molecule has 0 atom stereocenters. The van der Waals surface area contributed by atoms with Crippen molar-refractivity contribution in [3.63, 3.8) is 0 Å². The van der Waals surface area contributed by atoms with E-state index >= 15 is 0 Å². The van der Waals surface area contributed by atoms with Gasteiger partial charge in [0.25, 0.3) is 0 Å². The van der Waals surface area contributed by atoms with Crippen molar-refractivity contribution in [2.75, 3.05) is 19.0 Å². The highest BCUT2D eigenvalue weighted by molar-refractivity contribution is 6.30. The highest BCUT2D eigenvalue weighted by Crippen LogP contribution is 2.23. The summed E-state index contributed by atoms with van der Waals surface area (Å²) in [6.45, 7) is 3.21. The number of pyridine rings is 1. The molecular weight excluding hydrogens is 292 g/mol. The van der Waals surface area contributed by atoms with E-state index in [1.54, 1.807) is 31.6 Å². The topological polar surface area (TPSA) is 69.2 Å². The van der Waals surface area contributed by atoms with E-state index in [2.05, 4.69) is 27.2 Å². The lowest BCUT2D eigenvalue weighted by Crippen LogP contribution is -2.06. The van der Waals surface area contributed by atoms with E-state index in [1.807, 2.05) is 0 Å². The van der Waals surface area contributed by atoms with Crippen LogP contribution in [0.2, 0.25) is 5.02 Å².